The van der Waals surface area contributed by atoms with Gasteiger partial charge in [0.1, 0.15) is 27.1 Å². The van der Waals surface area contributed by atoms with Crippen molar-refractivity contribution in [1.29, 1.82) is 0 Å². The standard InChI is InChI=1S/C24H25N5O3S/c1-5-32-19-11-9-18(10-12-19)29-16(3)21(27-28-29)24-26-15(2)22(33-24)23(30)25-14-17-7-6-8-20(13-17)31-4/h6-13H,5,14H2,1-4H3,(H,25,30). The molecule has 0 saturated heterocycles. The molecule has 0 aliphatic heterocycles. The topological polar surface area (TPSA) is 91.2 Å². The lowest BCUT2D eigenvalue weighted by Crippen LogP contribution is -2.22. The van der Waals surface area contributed by atoms with Crippen LogP contribution in [0, 0.1) is 13.8 Å². The van der Waals surface area contributed by atoms with Gasteiger partial charge in [-0.1, -0.05) is 17.3 Å². The van der Waals surface area contributed by atoms with E-state index in [4.69, 9.17) is 9.47 Å². The number of rotatable bonds is 8. The van der Waals surface area contributed by atoms with Crippen LogP contribution in [0.1, 0.15) is 33.5 Å². The fourth-order valence-electron chi connectivity index (χ4n) is 3.38. The van der Waals surface area contributed by atoms with Gasteiger partial charge in [-0.15, -0.1) is 16.4 Å². The third-order valence-electron chi connectivity index (χ3n) is 5.08. The number of nitrogens with zero attached hydrogens (tertiary/aromatic N) is 4. The number of amides is 1. The van der Waals surface area contributed by atoms with E-state index in [1.54, 1.807) is 11.8 Å². The van der Waals surface area contributed by atoms with Gasteiger partial charge in [0.25, 0.3) is 5.91 Å². The Morgan fingerprint density at radius 2 is 1.91 bits per heavy atom. The maximum Gasteiger partial charge on any atom is 0.263 e. The maximum atomic E-state index is 12.8. The van der Waals surface area contributed by atoms with E-state index in [1.165, 1.54) is 11.3 Å². The molecule has 170 valence electrons. The summed E-state index contributed by atoms with van der Waals surface area (Å²) >= 11 is 1.31. The molecule has 0 bridgehead atoms. The highest BCUT2D eigenvalue weighted by Gasteiger charge is 2.20. The van der Waals surface area contributed by atoms with Crippen LogP contribution in [0.4, 0.5) is 0 Å². The second-order valence-corrected chi connectivity index (χ2v) is 8.33. The van der Waals surface area contributed by atoms with Crippen molar-refractivity contribution in [1.82, 2.24) is 25.3 Å². The lowest BCUT2D eigenvalue weighted by atomic mass is 10.2. The lowest BCUT2D eigenvalue weighted by Gasteiger charge is -2.06. The number of carbonyl (C=O) groups is 1. The second kappa shape index (κ2) is 9.83. The summed E-state index contributed by atoms with van der Waals surface area (Å²) in [6, 6.07) is 15.3. The minimum Gasteiger partial charge on any atom is -0.497 e. The van der Waals surface area contributed by atoms with Gasteiger partial charge < -0.3 is 14.8 Å². The number of aromatic nitrogens is 4. The summed E-state index contributed by atoms with van der Waals surface area (Å²) in [6.07, 6.45) is 0. The van der Waals surface area contributed by atoms with Crippen molar-refractivity contribution in [3.8, 4) is 27.9 Å². The lowest BCUT2D eigenvalue weighted by molar-refractivity contribution is 0.0954. The van der Waals surface area contributed by atoms with Gasteiger partial charge in [-0.2, -0.15) is 0 Å². The fraction of sp³-hybridized carbons (Fsp3) is 0.250. The van der Waals surface area contributed by atoms with E-state index in [-0.39, 0.29) is 5.91 Å². The molecule has 0 unspecified atom stereocenters. The van der Waals surface area contributed by atoms with E-state index in [0.717, 1.165) is 28.4 Å². The van der Waals surface area contributed by atoms with E-state index in [0.29, 0.717) is 34.4 Å². The molecular weight excluding hydrogens is 438 g/mol. The predicted octanol–water partition coefficient (Wildman–Crippen LogP) is 4.34. The van der Waals surface area contributed by atoms with Crippen molar-refractivity contribution in [2.45, 2.75) is 27.3 Å². The Morgan fingerprint density at radius 1 is 1.12 bits per heavy atom. The number of ether oxygens (including phenoxy) is 2. The third kappa shape index (κ3) is 4.88. The first-order valence-corrected chi connectivity index (χ1v) is 11.4. The predicted molar refractivity (Wildman–Crippen MR) is 127 cm³/mol. The molecule has 0 aliphatic carbocycles. The van der Waals surface area contributed by atoms with Gasteiger partial charge in [0.05, 0.1) is 30.8 Å². The van der Waals surface area contributed by atoms with Gasteiger partial charge in [0.15, 0.2) is 0 Å². The van der Waals surface area contributed by atoms with Crippen molar-refractivity contribution >= 4 is 17.2 Å². The monoisotopic (exact) mass is 463 g/mol. The zero-order valence-electron chi connectivity index (χ0n) is 19.0. The zero-order chi connectivity index (χ0) is 23.4. The number of hydrogen-bond acceptors (Lipinski definition) is 7. The average Bonchev–Trinajstić information content (AvgIpc) is 3.40. The van der Waals surface area contributed by atoms with E-state index in [1.807, 2.05) is 69.3 Å². The largest absolute Gasteiger partial charge is 0.497 e. The number of methoxy groups -OCH3 is 1. The SMILES string of the molecule is CCOc1ccc(-n2nnc(-c3nc(C)c(C(=O)NCc4cccc(OC)c4)s3)c2C)cc1. The van der Waals surface area contributed by atoms with E-state index in [9.17, 15) is 4.79 Å². The first kappa shape index (κ1) is 22.5. The molecule has 8 nitrogen and oxygen atoms in total. The first-order valence-electron chi connectivity index (χ1n) is 10.5. The highest BCUT2D eigenvalue weighted by molar-refractivity contribution is 7.17. The van der Waals surface area contributed by atoms with Crippen LogP contribution in [-0.4, -0.2) is 39.6 Å². The van der Waals surface area contributed by atoms with Crippen molar-refractivity contribution in [2.75, 3.05) is 13.7 Å². The van der Waals surface area contributed by atoms with Crippen LogP contribution < -0.4 is 14.8 Å². The van der Waals surface area contributed by atoms with E-state index >= 15 is 0 Å². The van der Waals surface area contributed by atoms with Gasteiger partial charge in [0, 0.05) is 6.54 Å². The summed E-state index contributed by atoms with van der Waals surface area (Å²) in [4.78, 5) is 18.0. The quantitative estimate of drug-likeness (QED) is 0.418. The van der Waals surface area contributed by atoms with E-state index in [2.05, 4.69) is 20.6 Å². The molecule has 2 heterocycles. The van der Waals surface area contributed by atoms with Crippen LogP contribution in [0.3, 0.4) is 0 Å². The summed E-state index contributed by atoms with van der Waals surface area (Å²) in [6.45, 7) is 6.73. The minimum absolute atomic E-state index is 0.171. The molecule has 33 heavy (non-hydrogen) atoms. The minimum atomic E-state index is -0.171. The van der Waals surface area contributed by atoms with Crippen LogP contribution in [-0.2, 0) is 6.54 Å². The average molecular weight is 464 g/mol. The van der Waals surface area contributed by atoms with Crippen molar-refractivity contribution in [3.63, 3.8) is 0 Å². The molecule has 2 aromatic carbocycles. The molecule has 0 radical (unpaired) electrons. The molecule has 1 N–H and O–H groups in total. The van der Waals surface area contributed by atoms with Gasteiger partial charge in [-0.25, -0.2) is 9.67 Å². The van der Waals surface area contributed by atoms with E-state index < -0.39 is 0 Å². The van der Waals surface area contributed by atoms with Crippen LogP contribution >= 0.6 is 11.3 Å². The normalized spacial score (nSPS) is 10.8. The Morgan fingerprint density at radius 3 is 2.64 bits per heavy atom. The summed E-state index contributed by atoms with van der Waals surface area (Å²) in [5, 5.41) is 12.2. The highest BCUT2D eigenvalue weighted by atomic mass is 32.1. The van der Waals surface area contributed by atoms with Crippen molar-refractivity contribution in [2.24, 2.45) is 0 Å². The molecule has 2 aromatic heterocycles. The Hall–Kier alpha value is -3.72. The first-order chi connectivity index (χ1) is 16.0. The zero-order valence-corrected chi connectivity index (χ0v) is 19.8. The maximum absolute atomic E-state index is 12.8. The molecule has 0 fully saturated rings. The Labute approximate surface area is 196 Å². The van der Waals surface area contributed by atoms with Gasteiger partial charge in [-0.05, 0) is 62.7 Å². The molecule has 0 aliphatic rings. The molecule has 0 saturated carbocycles. The Balaban J connectivity index is 1.51. The number of carbonyl (C=O) groups excluding carboxylic acids is 1. The van der Waals surface area contributed by atoms with Crippen LogP contribution in [0.15, 0.2) is 48.5 Å². The number of hydrogen-bond donors (Lipinski definition) is 1. The molecule has 1 amide bonds. The number of thiazole rings is 1. The Kier molecular flexibility index (Phi) is 6.69. The molecule has 9 heteroatoms. The van der Waals surface area contributed by atoms with Crippen molar-refractivity contribution < 1.29 is 14.3 Å². The van der Waals surface area contributed by atoms with Gasteiger partial charge >= 0.3 is 0 Å². The molecule has 0 atom stereocenters. The van der Waals surface area contributed by atoms with Crippen molar-refractivity contribution in [3.05, 3.63) is 70.4 Å². The number of benzene rings is 2. The summed E-state index contributed by atoms with van der Waals surface area (Å²) in [7, 11) is 1.62. The highest BCUT2D eigenvalue weighted by Crippen LogP contribution is 2.30. The van der Waals surface area contributed by atoms with Crippen LogP contribution in [0.25, 0.3) is 16.4 Å². The summed E-state index contributed by atoms with van der Waals surface area (Å²) in [5.41, 5.74) is 3.99. The molecular formula is C24H25N5O3S. The van der Waals surface area contributed by atoms with Gasteiger partial charge in [-0.3, -0.25) is 4.79 Å². The Bertz CT molecular complexity index is 1260. The smallest absolute Gasteiger partial charge is 0.263 e. The van der Waals surface area contributed by atoms with Crippen LogP contribution in [0.2, 0.25) is 0 Å². The fourth-order valence-corrected chi connectivity index (χ4v) is 4.40. The number of aryl methyl sites for hydroxylation is 1. The second-order valence-electron chi connectivity index (χ2n) is 7.33. The number of nitrogens with one attached hydrogen (secondary N) is 1. The third-order valence-corrected chi connectivity index (χ3v) is 6.24. The molecule has 4 rings (SSSR count). The molecule has 0 spiro atoms. The summed E-state index contributed by atoms with van der Waals surface area (Å²) < 4.78 is 12.5. The molecule has 4 aromatic rings. The van der Waals surface area contributed by atoms with Crippen LogP contribution in [0.5, 0.6) is 11.5 Å². The summed E-state index contributed by atoms with van der Waals surface area (Å²) in [5.74, 6) is 1.39. The van der Waals surface area contributed by atoms with Gasteiger partial charge in [0.2, 0.25) is 0 Å².